The van der Waals surface area contributed by atoms with Crippen molar-refractivity contribution in [1.29, 1.82) is 0 Å². The van der Waals surface area contributed by atoms with Crippen LogP contribution in [-0.4, -0.2) is 44.2 Å². The van der Waals surface area contributed by atoms with Crippen molar-refractivity contribution in [2.75, 3.05) is 18.4 Å². The van der Waals surface area contributed by atoms with Crippen LogP contribution in [0, 0.1) is 0 Å². The Kier molecular flexibility index (Phi) is 7.18. The molecule has 9 nitrogen and oxygen atoms in total. The second kappa shape index (κ2) is 10.3. The van der Waals surface area contributed by atoms with Crippen LogP contribution in [0.25, 0.3) is 0 Å². The number of hydrogen-bond donors (Lipinski definition) is 4. The molecule has 1 amide bonds. The second-order valence-electron chi connectivity index (χ2n) is 8.49. The summed E-state index contributed by atoms with van der Waals surface area (Å²) in [4.78, 5) is 12.9. The van der Waals surface area contributed by atoms with E-state index in [-0.39, 0.29) is 23.2 Å². The van der Waals surface area contributed by atoms with E-state index in [1.165, 1.54) is 0 Å². The number of nitrogens with zero attached hydrogens (tertiary/aromatic N) is 1. The highest BCUT2D eigenvalue weighted by atomic mass is 32.2. The number of aromatic amines is 1. The minimum absolute atomic E-state index is 0.196. The average molecular weight is 484 g/mol. The van der Waals surface area contributed by atoms with Crippen molar-refractivity contribution in [2.24, 2.45) is 0 Å². The standard InChI is InChI=1S/C24H29N5O4S/c1-33-21-10-6-5-9-20(21)23(30)25-17-24(18-7-3-2-4-8-18)14-11-19(12-15-24)28-34(31,32)29-22-13-16-26-27-22/h2-10,13,16,19,28H,11-12,14-15,17H2,1H3,(H,25,30)(H2,26,27,29)/t19-,24-. The summed E-state index contributed by atoms with van der Waals surface area (Å²) >= 11 is 0. The van der Waals surface area contributed by atoms with E-state index in [9.17, 15) is 13.2 Å². The van der Waals surface area contributed by atoms with Gasteiger partial charge in [0.2, 0.25) is 0 Å². The van der Waals surface area contributed by atoms with E-state index < -0.39 is 10.2 Å². The molecule has 0 radical (unpaired) electrons. The van der Waals surface area contributed by atoms with Crippen molar-refractivity contribution < 1.29 is 17.9 Å². The minimum atomic E-state index is -3.74. The molecule has 10 heteroatoms. The number of H-pyrrole nitrogens is 1. The number of methoxy groups -OCH3 is 1. The zero-order valence-corrected chi connectivity index (χ0v) is 19.8. The van der Waals surface area contributed by atoms with Crippen LogP contribution >= 0.6 is 0 Å². The molecule has 1 heterocycles. The Morgan fingerprint density at radius 3 is 2.47 bits per heavy atom. The van der Waals surface area contributed by atoms with Gasteiger partial charge in [-0.05, 0) is 43.4 Å². The highest BCUT2D eigenvalue weighted by Gasteiger charge is 2.38. The van der Waals surface area contributed by atoms with Gasteiger partial charge >= 0.3 is 10.2 Å². The van der Waals surface area contributed by atoms with E-state index in [4.69, 9.17) is 4.74 Å². The molecule has 2 aromatic carbocycles. The van der Waals surface area contributed by atoms with E-state index in [1.54, 1.807) is 37.6 Å². The number of benzene rings is 2. The molecule has 34 heavy (non-hydrogen) atoms. The molecule has 0 atom stereocenters. The number of hydrogen-bond acceptors (Lipinski definition) is 5. The van der Waals surface area contributed by atoms with Crippen LogP contribution in [0.15, 0.2) is 66.9 Å². The number of anilines is 1. The van der Waals surface area contributed by atoms with Crippen LogP contribution in [-0.2, 0) is 15.6 Å². The molecule has 1 aromatic heterocycles. The van der Waals surface area contributed by atoms with Crippen molar-refractivity contribution in [3.8, 4) is 5.75 Å². The van der Waals surface area contributed by atoms with Crippen LogP contribution in [0.1, 0.15) is 41.6 Å². The van der Waals surface area contributed by atoms with Gasteiger partial charge in [0, 0.05) is 30.3 Å². The zero-order chi connectivity index (χ0) is 24.0. The molecule has 0 saturated heterocycles. The molecule has 0 unspecified atom stereocenters. The lowest BCUT2D eigenvalue weighted by atomic mass is 9.68. The number of carbonyl (C=O) groups is 1. The van der Waals surface area contributed by atoms with Crippen molar-refractivity contribution in [3.63, 3.8) is 0 Å². The van der Waals surface area contributed by atoms with Gasteiger partial charge in [-0.25, -0.2) is 0 Å². The second-order valence-corrected chi connectivity index (χ2v) is 9.93. The Balaban J connectivity index is 1.45. The third-order valence-electron chi connectivity index (χ3n) is 6.33. The monoisotopic (exact) mass is 483 g/mol. The Labute approximate surface area is 199 Å². The van der Waals surface area contributed by atoms with Crippen molar-refractivity contribution in [3.05, 3.63) is 78.0 Å². The predicted molar refractivity (Wildman–Crippen MR) is 130 cm³/mol. The van der Waals surface area contributed by atoms with Crippen LogP contribution in [0.3, 0.4) is 0 Å². The molecule has 3 aromatic rings. The lowest BCUT2D eigenvalue weighted by molar-refractivity contribution is 0.0932. The lowest BCUT2D eigenvalue weighted by Crippen LogP contribution is -2.48. The fourth-order valence-electron chi connectivity index (χ4n) is 4.53. The van der Waals surface area contributed by atoms with Gasteiger partial charge in [0.05, 0.1) is 12.7 Å². The van der Waals surface area contributed by atoms with E-state index in [1.807, 2.05) is 24.3 Å². The van der Waals surface area contributed by atoms with Crippen molar-refractivity contribution in [1.82, 2.24) is 20.2 Å². The number of ether oxygens (including phenoxy) is 1. The topological polar surface area (TPSA) is 125 Å². The van der Waals surface area contributed by atoms with E-state index in [2.05, 4.69) is 37.1 Å². The Morgan fingerprint density at radius 1 is 1.09 bits per heavy atom. The molecule has 1 aliphatic rings. The summed E-state index contributed by atoms with van der Waals surface area (Å²) in [6.45, 7) is 0.443. The van der Waals surface area contributed by atoms with Crippen LogP contribution in [0.4, 0.5) is 5.82 Å². The average Bonchev–Trinajstić information content (AvgIpc) is 3.36. The first-order valence-electron chi connectivity index (χ1n) is 11.2. The van der Waals surface area contributed by atoms with Gasteiger partial charge in [-0.1, -0.05) is 42.5 Å². The van der Waals surface area contributed by atoms with Gasteiger partial charge in [-0.3, -0.25) is 14.6 Å². The van der Waals surface area contributed by atoms with Gasteiger partial charge in [-0.2, -0.15) is 18.2 Å². The summed E-state index contributed by atoms with van der Waals surface area (Å²) in [5.41, 5.74) is 1.32. The third kappa shape index (κ3) is 5.57. The van der Waals surface area contributed by atoms with Crippen molar-refractivity contribution >= 4 is 21.9 Å². The largest absolute Gasteiger partial charge is 0.496 e. The predicted octanol–water partition coefficient (Wildman–Crippen LogP) is 2.98. The van der Waals surface area contributed by atoms with Gasteiger partial charge in [0.1, 0.15) is 5.75 Å². The fraction of sp³-hybridized carbons (Fsp3) is 0.333. The molecule has 4 rings (SSSR count). The zero-order valence-electron chi connectivity index (χ0n) is 19.0. The molecular weight excluding hydrogens is 454 g/mol. The smallest absolute Gasteiger partial charge is 0.300 e. The number of aromatic nitrogens is 2. The molecule has 1 aliphatic carbocycles. The first kappa shape index (κ1) is 23.8. The SMILES string of the molecule is COc1ccccc1C(=O)NC[C@]1(c2ccccc2)CC[C@H](NS(=O)(=O)Nc2cc[nH]n2)CC1. The van der Waals surface area contributed by atoms with Crippen LogP contribution < -0.4 is 19.5 Å². The summed E-state index contributed by atoms with van der Waals surface area (Å²) < 4.78 is 35.4. The normalized spacial score (nSPS) is 20.4. The first-order valence-corrected chi connectivity index (χ1v) is 12.7. The van der Waals surface area contributed by atoms with E-state index in [0.29, 0.717) is 30.7 Å². The molecule has 0 bridgehead atoms. The Bertz CT molecular complexity index is 1190. The number of nitrogens with one attached hydrogen (secondary N) is 4. The Morgan fingerprint density at radius 2 is 1.79 bits per heavy atom. The van der Waals surface area contributed by atoms with Crippen molar-refractivity contribution in [2.45, 2.75) is 37.1 Å². The number of para-hydroxylation sites is 1. The molecule has 0 spiro atoms. The van der Waals surface area contributed by atoms with Gasteiger partial charge in [0.15, 0.2) is 5.82 Å². The number of amides is 1. The first-order chi connectivity index (χ1) is 16.4. The fourth-order valence-corrected chi connectivity index (χ4v) is 5.65. The van der Waals surface area contributed by atoms with Crippen LogP contribution in [0.5, 0.6) is 5.75 Å². The van der Waals surface area contributed by atoms with E-state index >= 15 is 0 Å². The van der Waals surface area contributed by atoms with E-state index in [0.717, 1.165) is 18.4 Å². The maximum absolute atomic E-state index is 12.9. The quantitative estimate of drug-likeness (QED) is 0.372. The summed E-state index contributed by atoms with van der Waals surface area (Å²) in [6.07, 6.45) is 4.27. The number of rotatable bonds is 9. The lowest BCUT2D eigenvalue weighted by Gasteiger charge is -2.41. The summed E-state index contributed by atoms with van der Waals surface area (Å²) in [5.74, 6) is 0.566. The summed E-state index contributed by atoms with van der Waals surface area (Å²) in [7, 11) is -2.20. The summed E-state index contributed by atoms with van der Waals surface area (Å²) in [6, 6.07) is 18.5. The maximum atomic E-state index is 12.9. The number of carbonyl (C=O) groups excluding carboxylic acids is 1. The van der Waals surface area contributed by atoms with Gasteiger partial charge in [0.25, 0.3) is 5.91 Å². The molecule has 4 N–H and O–H groups in total. The molecular formula is C24H29N5O4S. The third-order valence-corrected chi connectivity index (χ3v) is 7.45. The van der Waals surface area contributed by atoms with Gasteiger partial charge < -0.3 is 10.1 Å². The maximum Gasteiger partial charge on any atom is 0.300 e. The highest BCUT2D eigenvalue weighted by Crippen LogP contribution is 2.39. The van der Waals surface area contributed by atoms with Crippen LogP contribution in [0.2, 0.25) is 0 Å². The van der Waals surface area contributed by atoms with Gasteiger partial charge in [-0.15, -0.1) is 0 Å². The molecule has 180 valence electrons. The molecule has 1 saturated carbocycles. The molecule has 1 fully saturated rings. The highest BCUT2D eigenvalue weighted by molar-refractivity contribution is 7.90. The minimum Gasteiger partial charge on any atom is -0.496 e. The Hall–Kier alpha value is -3.37. The summed E-state index contributed by atoms with van der Waals surface area (Å²) in [5, 5.41) is 9.50. The molecule has 0 aliphatic heterocycles.